The van der Waals surface area contributed by atoms with E-state index in [1.54, 1.807) is 0 Å². The summed E-state index contributed by atoms with van der Waals surface area (Å²) in [5, 5.41) is 0. The van der Waals surface area contributed by atoms with Gasteiger partial charge in [-0.15, -0.1) is 0 Å². The fourth-order valence-corrected chi connectivity index (χ4v) is 1.34. The molecule has 1 rings (SSSR count). The number of nitrogens with zero attached hydrogens (tertiary/aromatic N) is 1. The predicted molar refractivity (Wildman–Crippen MR) is 60.9 cm³/mol. The van der Waals surface area contributed by atoms with Crippen LogP contribution in [-0.2, 0) is 0 Å². The lowest BCUT2D eigenvalue weighted by Gasteiger charge is -2.25. The van der Waals surface area contributed by atoms with Crippen molar-refractivity contribution in [1.82, 2.24) is 4.90 Å². The van der Waals surface area contributed by atoms with E-state index in [0.717, 1.165) is 19.5 Å². The van der Waals surface area contributed by atoms with Crippen LogP contribution in [0.3, 0.4) is 0 Å². The van der Waals surface area contributed by atoms with Gasteiger partial charge in [0, 0.05) is 13.1 Å². The molecule has 0 aromatic rings. The third kappa shape index (κ3) is 4.09. The molecule has 1 saturated heterocycles. The van der Waals surface area contributed by atoms with Crippen molar-refractivity contribution in [2.24, 2.45) is 0 Å². The predicted octanol–water partition coefficient (Wildman–Crippen LogP) is 3.02. The first-order chi connectivity index (χ1) is 6.24. The van der Waals surface area contributed by atoms with E-state index in [2.05, 4.69) is 31.2 Å². The molecule has 0 radical (unpaired) electrons. The summed E-state index contributed by atoms with van der Waals surface area (Å²) in [6, 6.07) is 0. The molecule has 0 spiro atoms. The lowest BCUT2D eigenvalue weighted by atomic mass is 9.99. The first-order valence-corrected chi connectivity index (χ1v) is 4.92. The zero-order chi connectivity index (χ0) is 10.3. The molecular weight excluding hydrogens is 158 g/mol. The van der Waals surface area contributed by atoms with Crippen LogP contribution in [0.5, 0.6) is 0 Å². The van der Waals surface area contributed by atoms with Crippen molar-refractivity contribution in [1.29, 1.82) is 0 Å². The third-order valence-electron chi connectivity index (χ3n) is 2.00. The van der Waals surface area contributed by atoms with Crippen LogP contribution in [0.25, 0.3) is 0 Å². The quantitative estimate of drug-likeness (QED) is 0.598. The van der Waals surface area contributed by atoms with E-state index < -0.39 is 0 Å². The molecule has 0 amide bonds. The van der Waals surface area contributed by atoms with E-state index in [-0.39, 0.29) is 0 Å². The van der Waals surface area contributed by atoms with Crippen LogP contribution in [0.4, 0.5) is 0 Å². The van der Waals surface area contributed by atoms with Gasteiger partial charge in [0.25, 0.3) is 0 Å². The highest BCUT2D eigenvalue weighted by molar-refractivity contribution is 5.34. The molecule has 1 aliphatic rings. The minimum absolute atomic E-state index is 1.000. The van der Waals surface area contributed by atoms with Gasteiger partial charge in [0.05, 0.1) is 0 Å². The maximum Gasteiger partial charge on any atom is 0.0227 e. The number of hydrogen-bond acceptors (Lipinski definition) is 1. The van der Waals surface area contributed by atoms with Gasteiger partial charge in [-0.3, -0.25) is 0 Å². The van der Waals surface area contributed by atoms with E-state index in [4.69, 9.17) is 0 Å². The zero-order valence-corrected chi connectivity index (χ0v) is 9.14. The highest BCUT2D eigenvalue weighted by Crippen LogP contribution is 2.18. The number of likely N-dealkylation sites (N-methyl/N-ethyl adjacent to an activating group) is 1. The molecule has 0 aromatic carbocycles. The molecule has 74 valence electrons. The second-order valence-corrected chi connectivity index (χ2v) is 3.02. The molecule has 1 heterocycles. The Balaban J connectivity index is 0.000000671. The van der Waals surface area contributed by atoms with Gasteiger partial charge in [0.2, 0.25) is 0 Å². The summed E-state index contributed by atoms with van der Waals surface area (Å²) in [7, 11) is 2.12. The van der Waals surface area contributed by atoms with Gasteiger partial charge >= 0.3 is 0 Å². The smallest absolute Gasteiger partial charge is 0.0227 e. The van der Waals surface area contributed by atoms with Crippen molar-refractivity contribution >= 4 is 0 Å². The summed E-state index contributed by atoms with van der Waals surface area (Å²) in [6.07, 6.45) is 5.02. The minimum Gasteiger partial charge on any atom is -0.302 e. The Kier molecular flexibility index (Phi) is 6.25. The molecule has 13 heavy (non-hydrogen) atoms. The molecule has 1 nitrogen and oxygen atoms in total. The Morgan fingerprint density at radius 1 is 1.38 bits per heavy atom. The van der Waals surface area contributed by atoms with Gasteiger partial charge < -0.3 is 4.90 Å². The highest BCUT2D eigenvalue weighted by atomic mass is 15.1. The molecule has 0 N–H and O–H groups in total. The van der Waals surface area contributed by atoms with Gasteiger partial charge in [-0.2, -0.15) is 0 Å². The summed E-state index contributed by atoms with van der Waals surface area (Å²) in [5.74, 6) is 0. The van der Waals surface area contributed by atoms with E-state index in [1.165, 1.54) is 11.1 Å². The van der Waals surface area contributed by atoms with Gasteiger partial charge in [0.1, 0.15) is 0 Å². The average molecular weight is 179 g/mol. The van der Waals surface area contributed by atoms with E-state index in [0.29, 0.717) is 0 Å². The third-order valence-corrected chi connectivity index (χ3v) is 2.00. The van der Waals surface area contributed by atoms with Crippen LogP contribution < -0.4 is 0 Å². The summed E-state index contributed by atoms with van der Waals surface area (Å²) in [4.78, 5) is 2.28. The Hall–Kier alpha value is -0.820. The number of hydrogen-bond donors (Lipinski definition) is 0. The maximum atomic E-state index is 4.01. The summed E-state index contributed by atoms with van der Waals surface area (Å²) >= 11 is 0. The van der Waals surface area contributed by atoms with E-state index >= 15 is 0 Å². The normalized spacial score (nSPS) is 20.8. The van der Waals surface area contributed by atoms with Crippen LogP contribution in [0.15, 0.2) is 36.5 Å². The molecule has 1 aliphatic heterocycles. The molecule has 1 heteroatoms. The Labute approximate surface area is 82.4 Å². The molecule has 0 bridgehead atoms. The lowest BCUT2D eigenvalue weighted by Crippen LogP contribution is -2.27. The fraction of sp³-hybridized carbons (Fsp3) is 0.500. The lowest BCUT2D eigenvalue weighted by molar-refractivity contribution is 0.348. The Morgan fingerprint density at radius 2 is 2.00 bits per heavy atom. The minimum atomic E-state index is 1.000. The largest absolute Gasteiger partial charge is 0.302 e. The topological polar surface area (TPSA) is 3.24 Å². The van der Waals surface area contributed by atoms with Crippen molar-refractivity contribution in [3.63, 3.8) is 0 Å². The molecule has 0 aliphatic carbocycles. The van der Waals surface area contributed by atoms with Gasteiger partial charge in [-0.1, -0.05) is 39.2 Å². The molecule has 0 atom stereocenters. The number of likely N-dealkylation sites (tertiary alicyclic amines) is 1. The monoisotopic (exact) mass is 179 g/mol. The zero-order valence-electron chi connectivity index (χ0n) is 9.14. The standard InChI is InChI=1S/C10H15N.C2H6/c1-4-5-10-6-7-11(3)8-9(10)2;1-2/h4-5H,1-2,6-8H2,3H3;1-2H3/b10-5-;. The van der Waals surface area contributed by atoms with Crippen LogP contribution in [0, 0.1) is 0 Å². The summed E-state index contributed by atoms with van der Waals surface area (Å²) < 4.78 is 0. The van der Waals surface area contributed by atoms with Crippen molar-refractivity contribution in [3.8, 4) is 0 Å². The average Bonchev–Trinajstić information content (AvgIpc) is 2.14. The first-order valence-electron chi connectivity index (χ1n) is 4.92. The van der Waals surface area contributed by atoms with E-state index in [1.807, 2.05) is 19.9 Å². The molecule has 1 fully saturated rings. The first kappa shape index (κ1) is 12.2. The fourth-order valence-electron chi connectivity index (χ4n) is 1.34. The van der Waals surface area contributed by atoms with Crippen LogP contribution in [0.1, 0.15) is 20.3 Å². The Morgan fingerprint density at radius 3 is 2.46 bits per heavy atom. The molecular formula is C12H21N. The number of allylic oxidation sites excluding steroid dienone is 2. The van der Waals surface area contributed by atoms with Crippen LogP contribution in [0.2, 0.25) is 0 Å². The van der Waals surface area contributed by atoms with Crippen LogP contribution in [-0.4, -0.2) is 25.0 Å². The second kappa shape index (κ2) is 6.67. The van der Waals surface area contributed by atoms with Crippen LogP contribution >= 0.6 is 0 Å². The summed E-state index contributed by atoms with van der Waals surface area (Å²) in [5.41, 5.74) is 2.59. The SMILES string of the molecule is C=C/C=C1/CCN(C)CC1=C.CC. The highest BCUT2D eigenvalue weighted by Gasteiger charge is 2.12. The molecule has 0 saturated carbocycles. The van der Waals surface area contributed by atoms with Crippen molar-refractivity contribution in [3.05, 3.63) is 36.5 Å². The van der Waals surface area contributed by atoms with Gasteiger partial charge in [-0.05, 0) is 24.6 Å². The van der Waals surface area contributed by atoms with Gasteiger partial charge in [0.15, 0.2) is 0 Å². The Bertz CT molecular complexity index is 201. The number of rotatable bonds is 1. The molecule has 0 aromatic heterocycles. The van der Waals surface area contributed by atoms with Crippen molar-refractivity contribution in [2.75, 3.05) is 20.1 Å². The van der Waals surface area contributed by atoms with Gasteiger partial charge in [-0.25, -0.2) is 0 Å². The second-order valence-electron chi connectivity index (χ2n) is 3.02. The molecule has 0 unspecified atom stereocenters. The number of piperidine rings is 1. The van der Waals surface area contributed by atoms with Crippen molar-refractivity contribution in [2.45, 2.75) is 20.3 Å². The van der Waals surface area contributed by atoms with E-state index in [9.17, 15) is 0 Å². The maximum absolute atomic E-state index is 4.01. The summed E-state index contributed by atoms with van der Waals surface area (Å²) in [6.45, 7) is 13.8. The van der Waals surface area contributed by atoms with Crippen molar-refractivity contribution < 1.29 is 0 Å².